The van der Waals surface area contributed by atoms with Crippen LogP contribution in [0.25, 0.3) is 5.65 Å². The second-order valence-electron chi connectivity index (χ2n) is 6.32. The molecule has 0 aliphatic rings. The number of benzene rings is 1. The molecule has 0 aliphatic carbocycles. The molecular formula is C21H20N2O6. The van der Waals surface area contributed by atoms with Gasteiger partial charge >= 0.3 is 5.97 Å². The molecule has 0 saturated heterocycles. The molecule has 150 valence electrons. The number of carbonyl (C=O) groups excluding carboxylic acids is 2. The lowest BCUT2D eigenvalue weighted by molar-refractivity contribution is -0.147. The number of esters is 1. The molecule has 1 aromatic carbocycles. The smallest absolute Gasteiger partial charge is 0.344 e. The van der Waals surface area contributed by atoms with E-state index >= 15 is 0 Å². The first-order valence-corrected chi connectivity index (χ1v) is 8.84. The van der Waals surface area contributed by atoms with Gasteiger partial charge in [-0.2, -0.15) is 0 Å². The van der Waals surface area contributed by atoms with Crippen LogP contribution in [0, 0.1) is 6.92 Å². The molecule has 0 saturated carbocycles. The Labute approximate surface area is 166 Å². The Hall–Kier alpha value is -3.68. The van der Waals surface area contributed by atoms with Crippen molar-refractivity contribution in [1.82, 2.24) is 9.38 Å². The lowest BCUT2D eigenvalue weighted by Crippen LogP contribution is -2.19. The van der Waals surface area contributed by atoms with Gasteiger partial charge < -0.3 is 14.2 Å². The van der Waals surface area contributed by atoms with Crippen LogP contribution >= 0.6 is 0 Å². The van der Waals surface area contributed by atoms with E-state index in [1.807, 2.05) is 13.0 Å². The van der Waals surface area contributed by atoms with Gasteiger partial charge in [-0.05, 0) is 44.2 Å². The van der Waals surface area contributed by atoms with Crippen molar-refractivity contribution < 1.29 is 23.8 Å². The first kappa shape index (κ1) is 20.1. The van der Waals surface area contributed by atoms with Gasteiger partial charge in [0.15, 0.2) is 23.9 Å². The zero-order chi connectivity index (χ0) is 21.0. The topological polar surface area (TPSA) is 96.2 Å². The molecule has 0 amide bonds. The van der Waals surface area contributed by atoms with Crippen molar-refractivity contribution in [3.8, 4) is 11.5 Å². The Bertz CT molecular complexity index is 1140. The Morgan fingerprint density at radius 3 is 2.62 bits per heavy atom. The van der Waals surface area contributed by atoms with Crippen molar-refractivity contribution in [2.45, 2.75) is 20.5 Å². The summed E-state index contributed by atoms with van der Waals surface area (Å²) in [6, 6.07) is 11.3. The van der Waals surface area contributed by atoms with E-state index in [9.17, 15) is 14.4 Å². The highest BCUT2D eigenvalue weighted by molar-refractivity contribution is 5.94. The Balaban J connectivity index is 1.63. The maximum absolute atomic E-state index is 12.2. The second-order valence-corrected chi connectivity index (χ2v) is 6.32. The number of nitrogens with zero attached hydrogens (tertiary/aromatic N) is 2. The Morgan fingerprint density at radius 2 is 1.90 bits per heavy atom. The summed E-state index contributed by atoms with van der Waals surface area (Å²) in [6.07, 6.45) is 0. The number of fused-ring (bicyclic) bond motifs is 1. The average Bonchev–Trinajstić information content (AvgIpc) is 2.70. The Morgan fingerprint density at radius 1 is 1.10 bits per heavy atom. The molecule has 0 spiro atoms. The number of ether oxygens (including phenoxy) is 3. The molecule has 3 rings (SSSR count). The van der Waals surface area contributed by atoms with Gasteiger partial charge in [-0.25, -0.2) is 9.78 Å². The van der Waals surface area contributed by atoms with Gasteiger partial charge in [0.2, 0.25) is 0 Å². The highest BCUT2D eigenvalue weighted by atomic mass is 16.6. The molecule has 0 fully saturated rings. The van der Waals surface area contributed by atoms with Crippen LogP contribution in [0.5, 0.6) is 11.5 Å². The SMILES string of the molecule is COc1cc(C(C)=O)ccc1OCC(=O)OCc1cc(=O)n2c(C)cccc2n1. The molecule has 0 unspecified atom stereocenters. The largest absolute Gasteiger partial charge is 0.493 e. The van der Waals surface area contributed by atoms with E-state index in [0.717, 1.165) is 5.69 Å². The molecule has 2 heterocycles. The number of pyridine rings is 1. The monoisotopic (exact) mass is 396 g/mol. The minimum atomic E-state index is -0.631. The number of hydrogen-bond acceptors (Lipinski definition) is 7. The summed E-state index contributed by atoms with van der Waals surface area (Å²) in [5, 5.41) is 0. The van der Waals surface area contributed by atoms with Crippen molar-refractivity contribution in [2.24, 2.45) is 0 Å². The van der Waals surface area contributed by atoms with Gasteiger partial charge in [-0.15, -0.1) is 0 Å². The second kappa shape index (κ2) is 8.55. The van der Waals surface area contributed by atoms with Crippen LogP contribution in [-0.2, 0) is 16.1 Å². The third kappa shape index (κ3) is 4.60. The number of carbonyl (C=O) groups is 2. The number of aromatic nitrogens is 2. The van der Waals surface area contributed by atoms with Crippen molar-refractivity contribution in [3.05, 3.63) is 69.8 Å². The molecule has 0 atom stereocenters. The normalized spacial score (nSPS) is 10.6. The number of aryl methyl sites for hydroxylation is 1. The highest BCUT2D eigenvalue weighted by Gasteiger charge is 2.12. The fourth-order valence-electron chi connectivity index (χ4n) is 2.78. The molecule has 0 bridgehead atoms. The summed E-state index contributed by atoms with van der Waals surface area (Å²) in [7, 11) is 1.44. The number of rotatable bonds is 7. The van der Waals surface area contributed by atoms with E-state index in [2.05, 4.69) is 4.98 Å². The summed E-state index contributed by atoms with van der Waals surface area (Å²) in [5.74, 6) is -0.0886. The van der Waals surface area contributed by atoms with Crippen molar-refractivity contribution in [1.29, 1.82) is 0 Å². The summed E-state index contributed by atoms with van der Waals surface area (Å²) in [4.78, 5) is 40.0. The summed E-state index contributed by atoms with van der Waals surface area (Å²) < 4.78 is 17.2. The molecule has 29 heavy (non-hydrogen) atoms. The van der Waals surface area contributed by atoms with Crippen LogP contribution in [0.2, 0.25) is 0 Å². The van der Waals surface area contributed by atoms with Gasteiger partial charge in [0, 0.05) is 17.3 Å². The minimum absolute atomic E-state index is 0.108. The highest BCUT2D eigenvalue weighted by Crippen LogP contribution is 2.28. The molecule has 3 aromatic rings. The van der Waals surface area contributed by atoms with Gasteiger partial charge in [-0.3, -0.25) is 14.0 Å². The number of Topliss-reactive ketones (excluding diaryl/α,β-unsaturated/α-hetero) is 1. The van der Waals surface area contributed by atoms with Crippen molar-refractivity contribution >= 4 is 17.4 Å². The van der Waals surface area contributed by atoms with E-state index in [-0.39, 0.29) is 24.6 Å². The van der Waals surface area contributed by atoms with Gasteiger partial charge in [-0.1, -0.05) is 6.07 Å². The maximum Gasteiger partial charge on any atom is 0.344 e. The van der Waals surface area contributed by atoms with Crippen molar-refractivity contribution in [2.75, 3.05) is 13.7 Å². The van der Waals surface area contributed by atoms with Crippen LogP contribution in [0.15, 0.2) is 47.3 Å². The zero-order valence-electron chi connectivity index (χ0n) is 16.3. The van der Waals surface area contributed by atoms with Crippen molar-refractivity contribution in [3.63, 3.8) is 0 Å². The third-order valence-electron chi connectivity index (χ3n) is 4.23. The molecular weight excluding hydrogens is 376 g/mol. The molecule has 0 aliphatic heterocycles. The van der Waals surface area contributed by atoms with E-state index in [0.29, 0.717) is 28.4 Å². The third-order valence-corrected chi connectivity index (χ3v) is 4.23. The lowest BCUT2D eigenvalue weighted by Gasteiger charge is -2.11. The quantitative estimate of drug-likeness (QED) is 0.447. The molecule has 0 N–H and O–H groups in total. The molecule has 0 radical (unpaired) electrons. The maximum atomic E-state index is 12.2. The lowest BCUT2D eigenvalue weighted by atomic mass is 10.1. The fourth-order valence-corrected chi connectivity index (χ4v) is 2.78. The van der Waals surface area contributed by atoms with E-state index in [1.54, 1.807) is 24.3 Å². The molecule has 8 nitrogen and oxygen atoms in total. The fraction of sp³-hybridized carbons (Fsp3) is 0.238. The zero-order valence-corrected chi connectivity index (χ0v) is 16.3. The predicted molar refractivity (Wildman–Crippen MR) is 104 cm³/mol. The standard InChI is InChI=1S/C21H20N2O6/c1-13-5-4-6-19-22-16(10-20(25)23(13)19)11-29-21(26)12-28-17-8-7-15(14(2)24)9-18(17)27-3/h4-10H,11-12H2,1-3H3. The number of hydrogen-bond donors (Lipinski definition) is 0. The van der Waals surface area contributed by atoms with Gasteiger partial charge in [0.25, 0.3) is 5.56 Å². The summed E-state index contributed by atoms with van der Waals surface area (Å²) in [5.41, 5.74) is 1.82. The summed E-state index contributed by atoms with van der Waals surface area (Å²) >= 11 is 0. The van der Waals surface area contributed by atoms with Gasteiger partial charge in [0.05, 0.1) is 12.8 Å². The predicted octanol–water partition coefficient (Wildman–Crippen LogP) is 2.34. The van der Waals surface area contributed by atoms with Crippen LogP contribution < -0.4 is 15.0 Å². The first-order valence-electron chi connectivity index (χ1n) is 8.84. The Kier molecular flexibility index (Phi) is 5.92. The minimum Gasteiger partial charge on any atom is -0.493 e. The van der Waals surface area contributed by atoms with E-state index < -0.39 is 5.97 Å². The van der Waals surface area contributed by atoms with Gasteiger partial charge in [0.1, 0.15) is 12.3 Å². The first-order chi connectivity index (χ1) is 13.9. The number of ketones is 1. The number of methoxy groups -OCH3 is 1. The summed E-state index contributed by atoms with van der Waals surface area (Å²) in [6.45, 7) is 2.74. The average molecular weight is 396 g/mol. The van der Waals surface area contributed by atoms with E-state index in [1.165, 1.54) is 30.6 Å². The molecule has 2 aromatic heterocycles. The van der Waals surface area contributed by atoms with Crippen LogP contribution in [0.4, 0.5) is 0 Å². The van der Waals surface area contributed by atoms with Crippen LogP contribution in [0.3, 0.4) is 0 Å². The van der Waals surface area contributed by atoms with Crippen LogP contribution in [-0.4, -0.2) is 34.9 Å². The molecule has 8 heteroatoms. The van der Waals surface area contributed by atoms with E-state index in [4.69, 9.17) is 14.2 Å². The van der Waals surface area contributed by atoms with Crippen LogP contribution in [0.1, 0.15) is 28.7 Å².